The summed E-state index contributed by atoms with van der Waals surface area (Å²) in [7, 11) is 3.34. The summed E-state index contributed by atoms with van der Waals surface area (Å²) in [6.45, 7) is 7.95. The van der Waals surface area contributed by atoms with Gasteiger partial charge in [0.05, 0.1) is 13.7 Å². The van der Waals surface area contributed by atoms with Gasteiger partial charge in [-0.1, -0.05) is 15.9 Å². The summed E-state index contributed by atoms with van der Waals surface area (Å²) >= 11 is 3.46. The molecule has 0 bridgehead atoms. The van der Waals surface area contributed by atoms with Gasteiger partial charge in [-0.2, -0.15) is 0 Å². The van der Waals surface area contributed by atoms with Crippen molar-refractivity contribution in [2.45, 2.75) is 39.8 Å². The number of ether oxygens (including phenoxy) is 2. The summed E-state index contributed by atoms with van der Waals surface area (Å²) < 4.78 is 11.7. The van der Waals surface area contributed by atoms with E-state index >= 15 is 0 Å². The quantitative estimate of drug-likeness (QED) is 0.827. The predicted octanol–water partition coefficient (Wildman–Crippen LogP) is 4.13. The maximum atomic E-state index is 12.0. The van der Waals surface area contributed by atoms with Crippen LogP contribution in [0.2, 0.25) is 0 Å². The Morgan fingerprint density at radius 3 is 2.45 bits per heavy atom. The van der Waals surface area contributed by atoms with Crippen LogP contribution in [0.1, 0.15) is 31.9 Å². The van der Waals surface area contributed by atoms with Crippen molar-refractivity contribution in [3.05, 3.63) is 27.7 Å². The number of hydrogen-bond acceptors (Lipinski definition) is 3. The number of amides is 1. The average molecular weight is 344 g/mol. The molecule has 0 aromatic heterocycles. The maximum Gasteiger partial charge on any atom is 0.410 e. The highest BCUT2D eigenvalue weighted by Gasteiger charge is 2.21. The number of carbonyl (C=O) groups excluding carboxylic acids is 1. The molecule has 112 valence electrons. The second-order valence-corrected chi connectivity index (χ2v) is 6.67. The summed E-state index contributed by atoms with van der Waals surface area (Å²) in [5, 5.41) is 0. The molecule has 0 saturated heterocycles. The first-order valence-electron chi connectivity index (χ1n) is 6.41. The molecule has 1 rings (SSSR count). The van der Waals surface area contributed by atoms with Crippen molar-refractivity contribution >= 4 is 22.0 Å². The topological polar surface area (TPSA) is 38.8 Å². The molecule has 4 nitrogen and oxygen atoms in total. The molecule has 20 heavy (non-hydrogen) atoms. The molecule has 0 unspecified atom stereocenters. The lowest BCUT2D eigenvalue weighted by atomic mass is 10.1. The lowest BCUT2D eigenvalue weighted by molar-refractivity contribution is 0.0284. The van der Waals surface area contributed by atoms with Crippen molar-refractivity contribution in [2.24, 2.45) is 0 Å². The molecule has 0 saturated carbocycles. The molecule has 1 aromatic rings. The first kappa shape index (κ1) is 16.8. The van der Waals surface area contributed by atoms with E-state index in [-0.39, 0.29) is 6.09 Å². The van der Waals surface area contributed by atoms with Crippen LogP contribution in [0.25, 0.3) is 0 Å². The molecule has 1 aromatic carbocycles. The highest BCUT2D eigenvalue weighted by atomic mass is 79.9. The smallest absolute Gasteiger partial charge is 0.410 e. The molecular formula is C15H22BrNO3. The van der Waals surface area contributed by atoms with Gasteiger partial charge in [0, 0.05) is 17.1 Å². The number of aryl methyl sites for hydroxylation is 1. The Morgan fingerprint density at radius 2 is 1.95 bits per heavy atom. The summed E-state index contributed by atoms with van der Waals surface area (Å²) in [5.41, 5.74) is 1.46. The molecule has 0 aliphatic rings. The minimum Gasteiger partial charge on any atom is -0.496 e. The molecule has 0 spiro atoms. The zero-order valence-corrected chi connectivity index (χ0v) is 14.5. The van der Waals surface area contributed by atoms with E-state index in [0.29, 0.717) is 6.54 Å². The SMILES string of the molecule is COc1c(C)cc(Br)cc1CN(C)C(=O)OC(C)(C)C. The van der Waals surface area contributed by atoms with Gasteiger partial charge in [-0.15, -0.1) is 0 Å². The Bertz CT molecular complexity index is 495. The lowest BCUT2D eigenvalue weighted by Gasteiger charge is -2.25. The molecule has 0 aliphatic heterocycles. The van der Waals surface area contributed by atoms with Crippen molar-refractivity contribution in [2.75, 3.05) is 14.2 Å². The van der Waals surface area contributed by atoms with Crippen LogP contribution >= 0.6 is 15.9 Å². The molecule has 0 atom stereocenters. The van der Waals surface area contributed by atoms with E-state index in [4.69, 9.17) is 9.47 Å². The minimum absolute atomic E-state index is 0.350. The van der Waals surface area contributed by atoms with Gasteiger partial charge in [0.2, 0.25) is 0 Å². The lowest BCUT2D eigenvalue weighted by Crippen LogP contribution is -2.33. The number of benzene rings is 1. The van der Waals surface area contributed by atoms with Gasteiger partial charge >= 0.3 is 6.09 Å². The minimum atomic E-state index is -0.497. The third-order valence-electron chi connectivity index (χ3n) is 2.63. The molecule has 0 aliphatic carbocycles. The van der Waals surface area contributed by atoms with E-state index in [2.05, 4.69) is 15.9 Å². The van der Waals surface area contributed by atoms with Crippen LogP contribution < -0.4 is 4.74 Å². The van der Waals surface area contributed by atoms with Crippen LogP contribution in [0.15, 0.2) is 16.6 Å². The molecule has 1 amide bonds. The summed E-state index contributed by atoms with van der Waals surface area (Å²) in [6.07, 6.45) is -0.350. The van der Waals surface area contributed by atoms with Crippen molar-refractivity contribution < 1.29 is 14.3 Å². The van der Waals surface area contributed by atoms with E-state index < -0.39 is 5.60 Å². The molecular weight excluding hydrogens is 322 g/mol. The van der Waals surface area contributed by atoms with E-state index in [1.807, 2.05) is 39.8 Å². The monoisotopic (exact) mass is 343 g/mol. The number of halogens is 1. The van der Waals surface area contributed by atoms with E-state index in [0.717, 1.165) is 21.3 Å². The van der Waals surface area contributed by atoms with E-state index in [1.165, 1.54) is 4.90 Å². The largest absolute Gasteiger partial charge is 0.496 e. The number of rotatable bonds is 3. The summed E-state index contributed by atoms with van der Waals surface area (Å²) in [5.74, 6) is 0.795. The highest BCUT2D eigenvalue weighted by molar-refractivity contribution is 9.10. The summed E-state index contributed by atoms with van der Waals surface area (Å²) in [4.78, 5) is 13.5. The molecule has 0 fully saturated rings. The molecule has 0 heterocycles. The van der Waals surface area contributed by atoms with Gasteiger partial charge in [0.25, 0.3) is 0 Å². The number of nitrogens with zero attached hydrogens (tertiary/aromatic N) is 1. The van der Waals surface area contributed by atoms with Gasteiger partial charge in [-0.25, -0.2) is 4.79 Å². The van der Waals surface area contributed by atoms with Crippen molar-refractivity contribution in [3.8, 4) is 5.75 Å². The van der Waals surface area contributed by atoms with Gasteiger partial charge in [-0.05, 0) is 45.4 Å². The van der Waals surface area contributed by atoms with Gasteiger partial charge in [0.1, 0.15) is 11.4 Å². The first-order chi connectivity index (χ1) is 9.14. The zero-order valence-electron chi connectivity index (χ0n) is 12.9. The standard InChI is InChI=1S/C15H22BrNO3/c1-10-7-12(16)8-11(13(10)19-6)9-17(5)14(18)20-15(2,3)4/h7-8H,9H2,1-6H3. The normalized spacial score (nSPS) is 11.2. The van der Waals surface area contributed by atoms with Crippen LogP contribution in [-0.4, -0.2) is 30.8 Å². The van der Waals surface area contributed by atoms with Crippen molar-refractivity contribution in [1.29, 1.82) is 0 Å². The maximum absolute atomic E-state index is 12.0. The van der Waals surface area contributed by atoms with Crippen molar-refractivity contribution in [1.82, 2.24) is 4.90 Å². The molecule has 5 heteroatoms. The van der Waals surface area contributed by atoms with Gasteiger partial charge in [0.15, 0.2) is 0 Å². The Balaban J connectivity index is 2.90. The highest BCUT2D eigenvalue weighted by Crippen LogP contribution is 2.28. The Morgan fingerprint density at radius 1 is 1.35 bits per heavy atom. The Labute approximate surface area is 129 Å². The Kier molecular flexibility index (Phi) is 5.45. The molecule has 0 radical (unpaired) electrons. The zero-order chi connectivity index (χ0) is 15.5. The third kappa shape index (κ3) is 4.71. The van der Waals surface area contributed by atoms with Crippen LogP contribution in [0.3, 0.4) is 0 Å². The van der Waals surface area contributed by atoms with E-state index in [1.54, 1.807) is 14.2 Å². The van der Waals surface area contributed by atoms with Crippen LogP contribution in [-0.2, 0) is 11.3 Å². The van der Waals surface area contributed by atoms with Crippen molar-refractivity contribution in [3.63, 3.8) is 0 Å². The second-order valence-electron chi connectivity index (χ2n) is 5.75. The Hall–Kier alpha value is -1.23. The van der Waals surface area contributed by atoms with Gasteiger partial charge in [-0.3, -0.25) is 0 Å². The average Bonchev–Trinajstić information content (AvgIpc) is 2.25. The van der Waals surface area contributed by atoms with E-state index in [9.17, 15) is 4.79 Å². The predicted molar refractivity (Wildman–Crippen MR) is 83.1 cm³/mol. The number of hydrogen-bond donors (Lipinski definition) is 0. The number of carbonyl (C=O) groups is 1. The van der Waals surface area contributed by atoms with Crippen LogP contribution in [0, 0.1) is 6.92 Å². The van der Waals surface area contributed by atoms with Crippen LogP contribution in [0.5, 0.6) is 5.75 Å². The fourth-order valence-corrected chi connectivity index (χ4v) is 2.49. The van der Waals surface area contributed by atoms with Gasteiger partial charge < -0.3 is 14.4 Å². The third-order valence-corrected chi connectivity index (χ3v) is 3.09. The summed E-state index contributed by atoms with van der Waals surface area (Å²) in [6, 6.07) is 3.93. The van der Waals surface area contributed by atoms with Crippen LogP contribution in [0.4, 0.5) is 4.79 Å². The fourth-order valence-electron chi connectivity index (χ4n) is 1.87. The number of methoxy groups -OCH3 is 1. The second kappa shape index (κ2) is 6.48. The first-order valence-corrected chi connectivity index (χ1v) is 7.20. The fraction of sp³-hybridized carbons (Fsp3) is 0.533. The molecule has 0 N–H and O–H groups in total.